The Morgan fingerprint density at radius 3 is 2.35 bits per heavy atom. The Hall–Kier alpha value is -0.820. The first-order valence-electron chi connectivity index (χ1n) is 7.08. The molecule has 0 unspecified atom stereocenters. The minimum absolute atomic E-state index is 0.164. The van der Waals surface area contributed by atoms with E-state index in [4.69, 9.17) is 23.2 Å². The van der Waals surface area contributed by atoms with Gasteiger partial charge in [0.2, 0.25) is 15.9 Å². The molecule has 23 heavy (non-hydrogen) atoms. The molecule has 0 saturated heterocycles. The van der Waals surface area contributed by atoms with Crippen molar-refractivity contribution in [1.82, 2.24) is 9.62 Å². The number of nitrogens with zero attached hydrogens (tertiary/aromatic N) is 1. The van der Waals surface area contributed by atoms with E-state index in [1.165, 1.54) is 0 Å². The molecule has 1 rings (SSSR count). The predicted molar refractivity (Wildman–Crippen MR) is 94.5 cm³/mol. The van der Waals surface area contributed by atoms with Crippen molar-refractivity contribution in [2.24, 2.45) is 0 Å². The van der Waals surface area contributed by atoms with Crippen LogP contribution in [0.3, 0.4) is 0 Å². The molecule has 0 aliphatic rings. The predicted octanol–water partition coefficient (Wildman–Crippen LogP) is 2.71. The van der Waals surface area contributed by atoms with Crippen molar-refractivity contribution in [1.29, 1.82) is 0 Å². The van der Waals surface area contributed by atoms with E-state index >= 15 is 0 Å². The van der Waals surface area contributed by atoms with Gasteiger partial charge in [0.25, 0.3) is 0 Å². The van der Waals surface area contributed by atoms with Crippen LogP contribution in [0.4, 0.5) is 0 Å². The summed E-state index contributed by atoms with van der Waals surface area (Å²) in [6.07, 6.45) is 1.48. The summed E-state index contributed by atoms with van der Waals surface area (Å²) in [4.78, 5) is 12.0. The molecular weight excluding hydrogens is 359 g/mol. The van der Waals surface area contributed by atoms with Gasteiger partial charge in [0, 0.05) is 22.1 Å². The van der Waals surface area contributed by atoms with Gasteiger partial charge in [-0.05, 0) is 44.9 Å². The molecule has 0 aromatic heterocycles. The van der Waals surface area contributed by atoms with Crippen molar-refractivity contribution in [3.63, 3.8) is 0 Å². The summed E-state index contributed by atoms with van der Waals surface area (Å²) < 4.78 is 24.9. The van der Waals surface area contributed by atoms with E-state index in [1.807, 2.05) is 20.8 Å². The maximum atomic E-state index is 12.0. The molecule has 0 bridgehead atoms. The van der Waals surface area contributed by atoms with Gasteiger partial charge in [0.1, 0.15) is 0 Å². The zero-order valence-corrected chi connectivity index (χ0v) is 16.0. The minimum atomic E-state index is -3.50. The molecule has 5 nitrogen and oxygen atoms in total. The van der Waals surface area contributed by atoms with Crippen LogP contribution >= 0.6 is 23.2 Å². The molecule has 0 atom stereocenters. The third-order valence-corrected chi connectivity index (χ3v) is 4.79. The fraction of sp³-hybridized carbons (Fsp3) is 0.533. The normalized spacial score (nSPS) is 12.5. The van der Waals surface area contributed by atoms with Gasteiger partial charge in [-0.15, -0.1) is 0 Å². The number of halogens is 2. The highest BCUT2D eigenvalue weighted by molar-refractivity contribution is 7.88. The van der Waals surface area contributed by atoms with Crippen molar-refractivity contribution >= 4 is 39.1 Å². The third kappa shape index (κ3) is 7.52. The van der Waals surface area contributed by atoms with Gasteiger partial charge < -0.3 is 5.32 Å². The minimum Gasteiger partial charge on any atom is -0.350 e. The van der Waals surface area contributed by atoms with Crippen LogP contribution in [0.1, 0.15) is 26.3 Å². The molecule has 0 spiro atoms. The number of rotatable bonds is 6. The summed E-state index contributed by atoms with van der Waals surface area (Å²) in [5.41, 5.74) is 0.362. The van der Waals surface area contributed by atoms with E-state index in [0.29, 0.717) is 16.5 Å². The number of carbonyl (C=O) groups excluding carboxylic acids is 1. The first-order chi connectivity index (χ1) is 10.4. The number of sulfonamides is 1. The molecule has 1 aromatic rings. The maximum absolute atomic E-state index is 12.0. The van der Waals surface area contributed by atoms with Crippen LogP contribution in [-0.4, -0.2) is 43.5 Å². The van der Waals surface area contributed by atoms with Gasteiger partial charge in [0.15, 0.2) is 0 Å². The van der Waals surface area contributed by atoms with Crippen molar-refractivity contribution in [2.75, 3.05) is 19.3 Å². The highest BCUT2D eigenvalue weighted by Gasteiger charge is 2.22. The average molecular weight is 381 g/mol. The van der Waals surface area contributed by atoms with Gasteiger partial charge in [-0.25, -0.2) is 8.42 Å². The molecule has 8 heteroatoms. The molecule has 0 saturated carbocycles. The van der Waals surface area contributed by atoms with Gasteiger partial charge in [0.05, 0.1) is 12.8 Å². The summed E-state index contributed by atoms with van der Waals surface area (Å²) in [6.45, 7) is 5.45. The maximum Gasteiger partial charge on any atom is 0.235 e. The van der Waals surface area contributed by atoms with Crippen molar-refractivity contribution in [2.45, 2.75) is 32.7 Å². The first kappa shape index (κ1) is 20.2. The standard InChI is InChI=1S/C15H22Cl2N2O3S/c1-15(2,3)18-14(20)10-19(23(4,21)22)8-7-11-5-6-12(16)9-13(11)17/h5-6,9H,7-8,10H2,1-4H3,(H,18,20). The molecule has 130 valence electrons. The van der Waals surface area contributed by atoms with E-state index in [-0.39, 0.29) is 19.0 Å². The van der Waals surface area contributed by atoms with Crippen LogP contribution in [-0.2, 0) is 21.2 Å². The summed E-state index contributed by atoms with van der Waals surface area (Å²) in [7, 11) is -3.50. The van der Waals surface area contributed by atoms with E-state index in [9.17, 15) is 13.2 Å². The molecule has 1 amide bonds. The molecule has 1 N–H and O–H groups in total. The van der Waals surface area contributed by atoms with E-state index in [2.05, 4.69) is 5.32 Å². The Morgan fingerprint density at radius 2 is 1.87 bits per heavy atom. The van der Waals surface area contributed by atoms with Gasteiger partial charge >= 0.3 is 0 Å². The Labute approximate surface area is 148 Å². The molecule has 0 aliphatic carbocycles. The van der Waals surface area contributed by atoms with Crippen molar-refractivity contribution in [3.8, 4) is 0 Å². The van der Waals surface area contributed by atoms with E-state index in [1.54, 1.807) is 18.2 Å². The molecule has 1 aromatic carbocycles. The smallest absolute Gasteiger partial charge is 0.235 e. The lowest BCUT2D eigenvalue weighted by Crippen LogP contribution is -2.47. The number of nitrogens with one attached hydrogen (secondary N) is 1. The third-order valence-electron chi connectivity index (χ3n) is 2.95. The summed E-state index contributed by atoms with van der Waals surface area (Å²) in [5, 5.41) is 3.74. The van der Waals surface area contributed by atoms with Gasteiger partial charge in [-0.3, -0.25) is 4.79 Å². The lowest BCUT2D eigenvalue weighted by molar-refractivity contribution is -0.122. The average Bonchev–Trinajstić information content (AvgIpc) is 2.32. The molecular formula is C15H22Cl2N2O3S. The van der Waals surface area contributed by atoms with Crippen LogP contribution in [0.15, 0.2) is 18.2 Å². The topological polar surface area (TPSA) is 66.5 Å². The molecule has 0 radical (unpaired) electrons. The number of amides is 1. The van der Waals surface area contributed by atoms with Crippen LogP contribution in [0, 0.1) is 0 Å². The number of carbonyl (C=O) groups is 1. The zero-order valence-electron chi connectivity index (χ0n) is 13.7. The van der Waals surface area contributed by atoms with Crippen LogP contribution in [0.25, 0.3) is 0 Å². The Balaban J connectivity index is 2.78. The highest BCUT2D eigenvalue weighted by Crippen LogP contribution is 2.21. The fourth-order valence-electron chi connectivity index (χ4n) is 1.95. The number of hydrogen-bond donors (Lipinski definition) is 1. The Kier molecular flexibility index (Phi) is 6.89. The quantitative estimate of drug-likeness (QED) is 0.824. The second-order valence-electron chi connectivity index (χ2n) is 6.38. The Bertz CT molecular complexity index is 670. The SMILES string of the molecule is CC(C)(C)NC(=O)CN(CCc1ccc(Cl)cc1Cl)S(C)(=O)=O. The zero-order chi connectivity index (χ0) is 17.8. The van der Waals surface area contributed by atoms with Crippen molar-refractivity contribution < 1.29 is 13.2 Å². The highest BCUT2D eigenvalue weighted by atomic mass is 35.5. The van der Waals surface area contributed by atoms with Crippen LogP contribution in [0.5, 0.6) is 0 Å². The van der Waals surface area contributed by atoms with Gasteiger partial charge in [-0.2, -0.15) is 4.31 Å². The van der Waals surface area contributed by atoms with E-state index in [0.717, 1.165) is 16.1 Å². The lowest BCUT2D eigenvalue weighted by atomic mass is 10.1. The number of benzene rings is 1. The molecule has 0 fully saturated rings. The number of hydrogen-bond acceptors (Lipinski definition) is 3. The van der Waals surface area contributed by atoms with Crippen LogP contribution in [0.2, 0.25) is 10.0 Å². The Morgan fingerprint density at radius 1 is 1.26 bits per heavy atom. The fourth-order valence-corrected chi connectivity index (χ4v) is 3.23. The second-order valence-corrected chi connectivity index (χ2v) is 9.21. The summed E-state index contributed by atoms with van der Waals surface area (Å²) in [5.74, 6) is -0.342. The van der Waals surface area contributed by atoms with Crippen molar-refractivity contribution in [3.05, 3.63) is 33.8 Å². The summed E-state index contributed by atoms with van der Waals surface area (Å²) >= 11 is 11.9. The largest absolute Gasteiger partial charge is 0.350 e. The monoisotopic (exact) mass is 380 g/mol. The molecule has 0 heterocycles. The second kappa shape index (κ2) is 7.83. The summed E-state index contributed by atoms with van der Waals surface area (Å²) in [6, 6.07) is 5.05. The first-order valence-corrected chi connectivity index (χ1v) is 9.69. The van der Waals surface area contributed by atoms with Crippen LogP contribution < -0.4 is 5.32 Å². The van der Waals surface area contributed by atoms with Gasteiger partial charge in [-0.1, -0.05) is 29.3 Å². The van der Waals surface area contributed by atoms with E-state index < -0.39 is 15.6 Å². The molecule has 0 aliphatic heterocycles. The lowest BCUT2D eigenvalue weighted by Gasteiger charge is -2.24.